The average Bonchev–Trinajstić information content (AvgIpc) is 2.52. The smallest absolute Gasteiger partial charge is 0.240 e. The second-order valence-electron chi connectivity index (χ2n) is 5.95. The molecule has 0 aliphatic carbocycles. The molecule has 2 aromatic carbocycles. The molecule has 0 saturated heterocycles. The Labute approximate surface area is 153 Å². The van der Waals surface area contributed by atoms with Crippen LogP contribution in [-0.2, 0) is 14.8 Å². The minimum Gasteiger partial charge on any atom is -0.325 e. The van der Waals surface area contributed by atoms with Gasteiger partial charge in [0.15, 0.2) is 0 Å². The first-order chi connectivity index (χ1) is 11.7. The van der Waals surface area contributed by atoms with Gasteiger partial charge >= 0.3 is 0 Å². The SMILES string of the molecule is Cc1ccc(NC(=O)CCNS(=O)(=O)c2cc(C)ccc2C)c(Cl)c1. The van der Waals surface area contributed by atoms with Gasteiger partial charge in [-0.15, -0.1) is 0 Å². The number of benzene rings is 2. The Morgan fingerprint density at radius 1 is 1.04 bits per heavy atom. The summed E-state index contributed by atoms with van der Waals surface area (Å²) in [4.78, 5) is 12.2. The fourth-order valence-electron chi connectivity index (χ4n) is 2.31. The van der Waals surface area contributed by atoms with E-state index < -0.39 is 10.0 Å². The molecule has 0 aliphatic heterocycles. The molecule has 0 bridgehead atoms. The minimum atomic E-state index is -3.65. The van der Waals surface area contributed by atoms with Crippen molar-refractivity contribution in [3.63, 3.8) is 0 Å². The molecule has 0 heterocycles. The Kier molecular flexibility index (Phi) is 6.21. The van der Waals surface area contributed by atoms with Gasteiger partial charge in [0.1, 0.15) is 0 Å². The number of rotatable bonds is 6. The van der Waals surface area contributed by atoms with Crippen LogP contribution >= 0.6 is 11.6 Å². The molecule has 0 unspecified atom stereocenters. The van der Waals surface area contributed by atoms with Crippen LogP contribution in [-0.4, -0.2) is 20.9 Å². The van der Waals surface area contributed by atoms with Gasteiger partial charge in [-0.1, -0.05) is 29.8 Å². The Bertz CT molecular complexity index is 895. The average molecular weight is 381 g/mol. The first kappa shape index (κ1) is 19.4. The molecular formula is C18H21ClN2O3S. The number of halogens is 1. The molecule has 0 aromatic heterocycles. The molecule has 134 valence electrons. The zero-order valence-electron chi connectivity index (χ0n) is 14.4. The van der Waals surface area contributed by atoms with Crippen LogP contribution in [0.2, 0.25) is 5.02 Å². The lowest BCUT2D eigenvalue weighted by atomic mass is 10.2. The first-order valence-electron chi connectivity index (χ1n) is 7.82. The number of carbonyl (C=O) groups is 1. The fraction of sp³-hybridized carbons (Fsp3) is 0.278. The number of hydrogen-bond donors (Lipinski definition) is 2. The first-order valence-corrected chi connectivity index (χ1v) is 9.68. The highest BCUT2D eigenvalue weighted by atomic mass is 35.5. The van der Waals surface area contributed by atoms with Crippen LogP contribution in [0.1, 0.15) is 23.1 Å². The molecule has 5 nitrogen and oxygen atoms in total. The van der Waals surface area contributed by atoms with Crippen molar-refractivity contribution in [2.24, 2.45) is 0 Å². The summed E-state index contributed by atoms with van der Waals surface area (Å²) in [6.07, 6.45) is 0.00823. The predicted molar refractivity (Wildman–Crippen MR) is 101 cm³/mol. The van der Waals surface area contributed by atoms with E-state index in [-0.39, 0.29) is 23.8 Å². The highest BCUT2D eigenvalue weighted by Gasteiger charge is 2.17. The highest BCUT2D eigenvalue weighted by molar-refractivity contribution is 7.89. The number of carbonyl (C=O) groups excluding carboxylic acids is 1. The van der Waals surface area contributed by atoms with Crippen molar-refractivity contribution in [2.75, 3.05) is 11.9 Å². The minimum absolute atomic E-state index is 0.00499. The third kappa shape index (κ3) is 5.29. The maximum Gasteiger partial charge on any atom is 0.240 e. The van der Waals surface area contributed by atoms with Crippen LogP contribution in [0.15, 0.2) is 41.3 Å². The van der Waals surface area contributed by atoms with Gasteiger partial charge in [-0.3, -0.25) is 4.79 Å². The highest BCUT2D eigenvalue weighted by Crippen LogP contribution is 2.22. The summed E-state index contributed by atoms with van der Waals surface area (Å²) in [5.41, 5.74) is 3.02. The molecule has 2 aromatic rings. The Morgan fingerprint density at radius 2 is 1.68 bits per heavy atom. The van der Waals surface area contributed by atoms with Crippen LogP contribution in [0.4, 0.5) is 5.69 Å². The second-order valence-corrected chi connectivity index (χ2v) is 8.09. The number of anilines is 1. The van der Waals surface area contributed by atoms with E-state index in [9.17, 15) is 13.2 Å². The topological polar surface area (TPSA) is 75.3 Å². The molecule has 0 spiro atoms. The fourth-order valence-corrected chi connectivity index (χ4v) is 3.95. The molecule has 25 heavy (non-hydrogen) atoms. The Balaban J connectivity index is 1.95. The van der Waals surface area contributed by atoms with Crippen molar-refractivity contribution in [2.45, 2.75) is 32.1 Å². The summed E-state index contributed by atoms with van der Waals surface area (Å²) in [6, 6.07) is 10.5. The van der Waals surface area contributed by atoms with Gasteiger partial charge in [0, 0.05) is 13.0 Å². The molecule has 7 heteroatoms. The van der Waals surface area contributed by atoms with Gasteiger partial charge in [0.05, 0.1) is 15.6 Å². The van der Waals surface area contributed by atoms with E-state index in [1.165, 1.54) is 0 Å². The number of hydrogen-bond acceptors (Lipinski definition) is 3. The van der Waals surface area contributed by atoms with Crippen molar-refractivity contribution in [3.05, 3.63) is 58.1 Å². The Morgan fingerprint density at radius 3 is 2.36 bits per heavy atom. The summed E-state index contributed by atoms with van der Waals surface area (Å²) < 4.78 is 27.2. The van der Waals surface area contributed by atoms with E-state index in [1.807, 2.05) is 26.0 Å². The van der Waals surface area contributed by atoms with Crippen molar-refractivity contribution in [1.29, 1.82) is 0 Å². The van der Waals surface area contributed by atoms with Crippen LogP contribution in [0.5, 0.6) is 0 Å². The summed E-state index contributed by atoms with van der Waals surface area (Å²) in [7, 11) is -3.65. The van der Waals surface area contributed by atoms with Gasteiger partial charge < -0.3 is 5.32 Å². The molecule has 0 radical (unpaired) electrons. The van der Waals surface area contributed by atoms with E-state index in [1.54, 1.807) is 31.2 Å². The molecule has 0 saturated carbocycles. The largest absolute Gasteiger partial charge is 0.325 e. The molecule has 0 aliphatic rings. The summed E-state index contributed by atoms with van der Waals surface area (Å²) in [6.45, 7) is 5.47. The monoisotopic (exact) mass is 380 g/mol. The number of nitrogens with one attached hydrogen (secondary N) is 2. The Hall–Kier alpha value is -1.89. The van der Waals surface area contributed by atoms with Crippen LogP contribution in [0.25, 0.3) is 0 Å². The molecule has 1 amide bonds. The van der Waals surface area contributed by atoms with Gasteiger partial charge in [0.25, 0.3) is 0 Å². The standard InChI is InChI=1S/C18H21ClN2O3S/c1-12-5-7-16(15(19)10-12)21-18(22)8-9-20-25(23,24)17-11-13(2)4-6-14(17)3/h4-7,10-11,20H,8-9H2,1-3H3,(H,21,22). The van der Waals surface area contributed by atoms with Crippen LogP contribution in [0.3, 0.4) is 0 Å². The van der Waals surface area contributed by atoms with E-state index in [0.717, 1.165) is 11.1 Å². The quantitative estimate of drug-likeness (QED) is 0.804. The lowest BCUT2D eigenvalue weighted by molar-refractivity contribution is -0.116. The maximum atomic E-state index is 12.4. The number of aryl methyl sites for hydroxylation is 3. The molecule has 0 fully saturated rings. The molecule has 2 N–H and O–H groups in total. The van der Waals surface area contributed by atoms with Gasteiger partial charge in [-0.05, 0) is 55.7 Å². The zero-order valence-corrected chi connectivity index (χ0v) is 16.0. The van der Waals surface area contributed by atoms with Crippen molar-refractivity contribution < 1.29 is 13.2 Å². The summed E-state index contributed by atoms with van der Waals surface area (Å²) >= 11 is 6.07. The van der Waals surface area contributed by atoms with E-state index >= 15 is 0 Å². The second kappa shape index (κ2) is 7.99. The summed E-state index contributed by atoms with van der Waals surface area (Å²) in [5, 5.41) is 3.13. The summed E-state index contributed by atoms with van der Waals surface area (Å²) in [5.74, 6) is -0.311. The van der Waals surface area contributed by atoms with Gasteiger partial charge in [-0.2, -0.15) is 0 Å². The lowest BCUT2D eigenvalue weighted by Crippen LogP contribution is -2.28. The number of sulfonamides is 1. The van der Waals surface area contributed by atoms with E-state index in [0.29, 0.717) is 16.3 Å². The van der Waals surface area contributed by atoms with Crippen LogP contribution < -0.4 is 10.0 Å². The third-order valence-electron chi connectivity index (χ3n) is 3.68. The van der Waals surface area contributed by atoms with Crippen molar-refractivity contribution >= 4 is 33.2 Å². The van der Waals surface area contributed by atoms with Crippen molar-refractivity contribution in [3.8, 4) is 0 Å². The molecular weight excluding hydrogens is 360 g/mol. The van der Waals surface area contributed by atoms with Gasteiger partial charge in [0.2, 0.25) is 15.9 Å². The molecule has 2 rings (SSSR count). The van der Waals surface area contributed by atoms with Crippen LogP contribution in [0, 0.1) is 20.8 Å². The van der Waals surface area contributed by atoms with E-state index in [4.69, 9.17) is 11.6 Å². The lowest BCUT2D eigenvalue weighted by Gasteiger charge is -2.11. The van der Waals surface area contributed by atoms with E-state index in [2.05, 4.69) is 10.0 Å². The third-order valence-corrected chi connectivity index (χ3v) is 5.59. The predicted octanol–water partition coefficient (Wildman–Crippen LogP) is 3.57. The molecule has 0 atom stereocenters. The maximum absolute atomic E-state index is 12.4. The van der Waals surface area contributed by atoms with Gasteiger partial charge in [-0.25, -0.2) is 13.1 Å². The van der Waals surface area contributed by atoms with Crippen molar-refractivity contribution in [1.82, 2.24) is 4.72 Å². The normalized spacial score (nSPS) is 11.4. The zero-order chi connectivity index (χ0) is 18.6. The number of amides is 1.